The Balaban J connectivity index is 2.34. The van der Waals surface area contributed by atoms with E-state index in [0.717, 1.165) is 6.07 Å². The molecule has 2 atom stereocenters. The van der Waals surface area contributed by atoms with E-state index in [2.05, 4.69) is 6.58 Å². The van der Waals surface area contributed by atoms with Crippen molar-refractivity contribution in [3.63, 3.8) is 0 Å². The minimum Gasteiger partial charge on any atom is -0.347 e. The maximum atomic E-state index is 13.3. The van der Waals surface area contributed by atoms with Crippen LogP contribution in [-0.2, 0) is 11.2 Å². The average Bonchev–Trinajstić information content (AvgIpc) is 2.58. The van der Waals surface area contributed by atoms with E-state index in [1.165, 1.54) is 17.0 Å². The molecule has 21 heavy (non-hydrogen) atoms. The number of hydrogen-bond acceptors (Lipinski definition) is 2. The smallest absolute Gasteiger partial charge is 0.200 e. The highest BCUT2D eigenvalue weighted by atomic mass is 19.1. The molecule has 0 aliphatic carbocycles. The molecule has 3 nitrogen and oxygen atoms in total. The Hall–Kier alpha value is -1.69. The molecule has 0 bridgehead atoms. The van der Waals surface area contributed by atoms with Gasteiger partial charge in [-0.2, -0.15) is 0 Å². The van der Waals surface area contributed by atoms with Gasteiger partial charge in [-0.1, -0.05) is 6.08 Å². The molecular formula is C15H16BF2NO2. The van der Waals surface area contributed by atoms with Crippen molar-refractivity contribution < 1.29 is 18.3 Å². The molecule has 1 fully saturated rings. The zero-order chi connectivity index (χ0) is 15.8. The molecule has 1 aromatic carbocycles. The Bertz CT molecular complexity index is 557. The maximum absolute atomic E-state index is 13.3. The van der Waals surface area contributed by atoms with Gasteiger partial charge in [-0.15, -0.1) is 6.58 Å². The van der Waals surface area contributed by atoms with Crippen molar-refractivity contribution in [2.24, 2.45) is 0 Å². The molecule has 0 aromatic heterocycles. The summed E-state index contributed by atoms with van der Waals surface area (Å²) in [6, 6.07) is 2.80. The van der Waals surface area contributed by atoms with Crippen molar-refractivity contribution in [1.29, 1.82) is 0 Å². The predicted octanol–water partition coefficient (Wildman–Crippen LogP) is 2.79. The van der Waals surface area contributed by atoms with Gasteiger partial charge in [0, 0.05) is 6.07 Å². The van der Waals surface area contributed by atoms with Gasteiger partial charge in [0.15, 0.2) is 5.81 Å². The summed E-state index contributed by atoms with van der Waals surface area (Å²) in [6.45, 7) is 7.09. The van der Waals surface area contributed by atoms with Gasteiger partial charge in [0.2, 0.25) is 7.85 Å². The normalized spacial score (nSPS) is 24.1. The number of benzene rings is 1. The Morgan fingerprint density at radius 3 is 2.48 bits per heavy atom. The number of amides is 1. The van der Waals surface area contributed by atoms with E-state index < -0.39 is 35.3 Å². The number of carbonyl (C=O) groups is 1. The molecular weight excluding hydrogens is 275 g/mol. The summed E-state index contributed by atoms with van der Waals surface area (Å²) in [6.07, 6.45) is 1.32. The second kappa shape index (κ2) is 5.60. The van der Waals surface area contributed by atoms with Crippen LogP contribution < -0.4 is 0 Å². The van der Waals surface area contributed by atoms with E-state index in [9.17, 15) is 13.6 Å². The highest BCUT2D eigenvalue weighted by Gasteiger charge is 2.46. The first-order valence-electron chi connectivity index (χ1n) is 6.58. The van der Waals surface area contributed by atoms with Crippen molar-refractivity contribution in [2.75, 3.05) is 0 Å². The summed E-state index contributed by atoms with van der Waals surface area (Å²) < 4.78 is 32.3. The average molecular weight is 291 g/mol. The van der Waals surface area contributed by atoms with Crippen LogP contribution in [-0.4, -0.2) is 36.4 Å². The predicted molar refractivity (Wildman–Crippen MR) is 76.0 cm³/mol. The fourth-order valence-electron chi connectivity index (χ4n) is 2.83. The van der Waals surface area contributed by atoms with Crippen LogP contribution in [0.2, 0.25) is 0 Å². The van der Waals surface area contributed by atoms with E-state index in [-0.39, 0.29) is 6.42 Å². The molecule has 0 N–H and O–H groups in total. The molecule has 0 saturated carbocycles. The van der Waals surface area contributed by atoms with Crippen LogP contribution in [0.15, 0.2) is 30.9 Å². The first kappa shape index (κ1) is 15.7. The lowest BCUT2D eigenvalue weighted by Gasteiger charge is -2.33. The Labute approximate surface area is 124 Å². The van der Waals surface area contributed by atoms with E-state index in [4.69, 9.17) is 12.6 Å². The van der Waals surface area contributed by atoms with Gasteiger partial charge in [0.25, 0.3) is 0 Å². The third kappa shape index (κ3) is 3.15. The monoisotopic (exact) mass is 291 g/mol. The maximum Gasteiger partial charge on any atom is 0.200 e. The summed E-state index contributed by atoms with van der Waals surface area (Å²) in [5.74, 6) is -1.97. The number of carbonyl (C=O) groups excluding carboxylic acids is 1. The first-order valence-corrected chi connectivity index (χ1v) is 6.58. The Morgan fingerprint density at radius 1 is 1.43 bits per heavy atom. The van der Waals surface area contributed by atoms with Gasteiger partial charge < -0.3 is 9.64 Å². The highest BCUT2D eigenvalue weighted by molar-refractivity contribution is 6.57. The number of halogens is 2. The largest absolute Gasteiger partial charge is 0.347 e. The highest BCUT2D eigenvalue weighted by Crippen LogP contribution is 2.34. The summed E-state index contributed by atoms with van der Waals surface area (Å²) in [5.41, 5.74) is -0.474. The number of ether oxygens (including phenoxy) is 1. The van der Waals surface area contributed by atoms with Crippen molar-refractivity contribution in [1.82, 2.24) is 4.90 Å². The van der Waals surface area contributed by atoms with Crippen LogP contribution in [0.3, 0.4) is 0 Å². The molecule has 0 unspecified atom stereocenters. The minimum atomic E-state index is -0.902. The van der Waals surface area contributed by atoms with Crippen molar-refractivity contribution in [3.05, 3.63) is 48.1 Å². The molecule has 1 aliphatic rings. The lowest BCUT2D eigenvalue weighted by atomic mass is 9.96. The first-order chi connectivity index (χ1) is 9.74. The van der Waals surface area contributed by atoms with Gasteiger partial charge in [0.1, 0.15) is 17.4 Å². The number of hydrogen-bond donors (Lipinski definition) is 0. The molecule has 1 aromatic rings. The molecule has 6 heteroatoms. The summed E-state index contributed by atoms with van der Waals surface area (Å²) >= 11 is 0. The Morgan fingerprint density at radius 2 is 2.00 bits per heavy atom. The van der Waals surface area contributed by atoms with E-state index in [1.54, 1.807) is 19.9 Å². The van der Waals surface area contributed by atoms with Gasteiger partial charge in [-0.05, 0) is 38.0 Å². The third-order valence-electron chi connectivity index (χ3n) is 3.55. The lowest BCUT2D eigenvalue weighted by Crippen LogP contribution is -2.48. The van der Waals surface area contributed by atoms with E-state index >= 15 is 0 Å². The summed E-state index contributed by atoms with van der Waals surface area (Å²) in [5, 5.41) is 0. The minimum absolute atomic E-state index is 0.220. The molecule has 1 saturated heterocycles. The summed E-state index contributed by atoms with van der Waals surface area (Å²) in [4.78, 5) is 13.1. The SMILES string of the molecule is [B]C(=O)N1[C@@H](Cc2cc(F)cc(F)c2)[C@H](C=C)OC1(C)C. The van der Waals surface area contributed by atoms with Crippen molar-refractivity contribution in [3.8, 4) is 0 Å². The second-order valence-corrected chi connectivity index (χ2v) is 5.52. The van der Waals surface area contributed by atoms with Crippen LogP contribution in [0.1, 0.15) is 19.4 Å². The standard InChI is InChI=1S/C15H16BF2NO2/c1-4-13-12(19(14(16)20)15(2,3)21-13)7-9-5-10(17)8-11(18)6-9/h4-6,8,12-13H,1,7H2,2-3H3/t12-,13-/m0/s1. The molecule has 2 radical (unpaired) electrons. The molecule has 2 rings (SSSR count). The zero-order valence-corrected chi connectivity index (χ0v) is 12.0. The van der Waals surface area contributed by atoms with Crippen LogP contribution in [0.5, 0.6) is 0 Å². The molecule has 110 valence electrons. The zero-order valence-electron chi connectivity index (χ0n) is 12.0. The van der Waals surface area contributed by atoms with Crippen molar-refractivity contribution >= 4 is 13.7 Å². The van der Waals surface area contributed by atoms with Crippen LogP contribution in [0, 0.1) is 11.6 Å². The second-order valence-electron chi connectivity index (χ2n) is 5.52. The summed E-state index contributed by atoms with van der Waals surface area (Å²) in [7, 11) is 5.42. The van der Waals surface area contributed by atoms with Gasteiger partial charge in [-0.25, -0.2) is 8.78 Å². The van der Waals surface area contributed by atoms with Gasteiger partial charge in [0.05, 0.1) is 12.1 Å². The molecule has 0 spiro atoms. The van der Waals surface area contributed by atoms with Crippen molar-refractivity contribution in [2.45, 2.75) is 38.1 Å². The quantitative estimate of drug-likeness (QED) is 0.633. The van der Waals surface area contributed by atoms with Gasteiger partial charge >= 0.3 is 0 Å². The fraction of sp³-hybridized carbons (Fsp3) is 0.400. The molecule has 1 amide bonds. The van der Waals surface area contributed by atoms with Crippen LogP contribution in [0.4, 0.5) is 13.6 Å². The van der Waals surface area contributed by atoms with Crippen LogP contribution >= 0.6 is 0 Å². The van der Waals surface area contributed by atoms with Gasteiger partial charge in [-0.3, -0.25) is 4.79 Å². The van der Waals surface area contributed by atoms with Crippen LogP contribution in [0.25, 0.3) is 0 Å². The number of rotatable bonds is 3. The fourth-order valence-corrected chi connectivity index (χ4v) is 2.83. The van der Waals surface area contributed by atoms with E-state index in [0.29, 0.717) is 5.56 Å². The molecule has 1 heterocycles. The molecule has 1 aliphatic heterocycles. The Kier molecular flexibility index (Phi) is 4.19. The number of nitrogens with zero attached hydrogens (tertiary/aromatic N) is 1. The lowest BCUT2D eigenvalue weighted by molar-refractivity contribution is -0.0452. The van der Waals surface area contributed by atoms with E-state index in [1.807, 2.05) is 0 Å². The third-order valence-corrected chi connectivity index (χ3v) is 3.55. The topological polar surface area (TPSA) is 29.5 Å².